The molecule has 0 aliphatic heterocycles. The molecule has 7 nitrogen and oxygen atoms in total. The fourth-order valence-electron chi connectivity index (χ4n) is 2.15. The van der Waals surface area contributed by atoms with Gasteiger partial charge in [0.25, 0.3) is 5.91 Å². The molecule has 0 saturated heterocycles. The van der Waals surface area contributed by atoms with Gasteiger partial charge in [-0.1, -0.05) is 19.1 Å². The predicted molar refractivity (Wildman–Crippen MR) is 85.9 cm³/mol. The first-order chi connectivity index (χ1) is 11.1. The Morgan fingerprint density at radius 3 is 2.78 bits per heavy atom. The SMILES string of the molecule is CC1C=CC(NC(=O)c2nc(-c3cncnc3)cnc2N)=CC1. The number of carbonyl (C=O) groups is 1. The average Bonchev–Trinajstić information content (AvgIpc) is 2.58. The fourth-order valence-corrected chi connectivity index (χ4v) is 2.15. The molecule has 0 fully saturated rings. The van der Waals surface area contributed by atoms with Gasteiger partial charge in [0.2, 0.25) is 0 Å². The Morgan fingerprint density at radius 2 is 2.09 bits per heavy atom. The molecule has 7 heteroatoms. The third-order valence-electron chi connectivity index (χ3n) is 3.44. The van der Waals surface area contributed by atoms with E-state index in [2.05, 4.69) is 32.2 Å². The van der Waals surface area contributed by atoms with E-state index in [1.165, 1.54) is 12.5 Å². The molecule has 0 bridgehead atoms. The van der Waals surface area contributed by atoms with Crippen molar-refractivity contribution in [1.82, 2.24) is 25.3 Å². The Labute approximate surface area is 133 Å². The lowest BCUT2D eigenvalue weighted by Crippen LogP contribution is -2.25. The number of nitrogen functional groups attached to an aromatic ring is 1. The number of hydrogen-bond acceptors (Lipinski definition) is 6. The van der Waals surface area contributed by atoms with Crippen LogP contribution >= 0.6 is 0 Å². The number of carbonyl (C=O) groups excluding carboxylic acids is 1. The predicted octanol–water partition coefficient (Wildman–Crippen LogP) is 1.73. The normalized spacial score (nSPS) is 16.7. The molecule has 23 heavy (non-hydrogen) atoms. The number of aromatic nitrogens is 4. The molecule has 3 N–H and O–H groups in total. The first kappa shape index (κ1) is 14.8. The van der Waals surface area contributed by atoms with Crippen molar-refractivity contribution in [2.24, 2.45) is 5.92 Å². The highest BCUT2D eigenvalue weighted by atomic mass is 16.1. The molecule has 0 saturated carbocycles. The summed E-state index contributed by atoms with van der Waals surface area (Å²) in [6.45, 7) is 2.11. The summed E-state index contributed by atoms with van der Waals surface area (Å²) >= 11 is 0. The highest BCUT2D eigenvalue weighted by Crippen LogP contribution is 2.18. The van der Waals surface area contributed by atoms with Crippen LogP contribution < -0.4 is 11.1 Å². The summed E-state index contributed by atoms with van der Waals surface area (Å²) in [7, 11) is 0. The zero-order valence-electron chi connectivity index (χ0n) is 12.6. The van der Waals surface area contributed by atoms with Gasteiger partial charge in [-0.3, -0.25) is 4.79 Å². The van der Waals surface area contributed by atoms with E-state index in [0.29, 0.717) is 17.2 Å². The smallest absolute Gasteiger partial charge is 0.278 e. The maximum Gasteiger partial charge on any atom is 0.278 e. The number of hydrogen-bond donors (Lipinski definition) is 2. The highest BCUT2D eigenvalue weighted by molar-refractivity contribution is 5.98. The quantitative estimate of drug-likeness (QED) is 0.894. The number of amides is 1. The van der Waals surface area contributed by atoms with Gasteiger partial charge in [-0.05, 0) is 18.4 Å². The summed E-state index contributed by atoms with van der Waals surface area (Å²) in [4.78, 5) is 28.6. The summed E-state index contributed by atoms with van der Waals surface area (Å²) in [5.41, 5.74) is 7.77. The summed E-state index contributed by atoms with van der Waals surface area (Å²) in [6.07, 6.45) is 12.9. The Bertz CT molecular complexity index is 784. The monoisotopic (exact) mass is 308 g/mol. The second kappa shape index (κ2) is 6.35. The van der Waals surface area contributed by atoms with Gasteiger partial charge in [0.05, 0.1) is 11.9 Å². The van der Waals surface area contributed by atoms with Crippen LogP contribution in [0.3, 0.4) is 0 Å². The van der Waals surface area contributed by atoms with Crippen molar-refractivity contribution in [3.05, 3.63) is 54.5 Å². The van der Waals surface area contributed by atoms with E-state index in [-0.39, 0.29) is 17.4 Å². The van der Waals surface area contributed by atoms with Crippen LogP contribution in [0.1, 0.15) is 23.8 Å². The summed E-state index contributed by atoms with van der Waals surface area (Å²) < 4.78 is 0. The molecule has 0 radical (unpaired) electrons. The van der Waals surface area contributed by atoms with Gasteiger partial charge in [0.1, 0.15) is 6.33 Å². The molecule has 0 spiro atoms. The maximum absolute atomic E-state index is 12.4. The maximum atomic E-state index is 12.4. The number of anilines is 1. The molecule has 0 aromatic carbocycles. The third kappa shape index (κ3) is 3.39. The van der Waals surface area contributed by atoms with Gasteiger partial charge < -0.3 is 11.1 Å². The largest absolute Gasteiger partial charge is 0.382 e. The van der Waals surface area contributed by atoms with Gasteiger partial charge in [-0.25, -0.2) is 19.9 Å². The van der Waals surface area contributed by atoms with E-state index in [1.807, 2.05) is 18.2 Å². The second-order valence-electron chi connectivity index (χ2n) is 5.30. The molecule has 1 unspecified atom stereocenters. The lowest BCUT2D eigenvalue weighted by atomic mass is 10.0. The first-order valence-corrected chi connectivity index (χ1v) is 7.21. The van der Waals surface area contributed by atoms with Crippen molar-refractivity contribution >= 4 is 11.7 Å². The van der Waals surface area contributed by atoms with E-state index >= 15 is 0 Å². The molecular formula is C16H16N6O. The van der Waals surface area contributed by atoms with Crippen LogP contribution in [0, 0.1) is 5.92 Å². The first-order valence-electron chi connectivity index (χ1n) is 7.21. The van der Waals surface area contributed by atoms with Gasteiger partial charge in [-0.15, -0.1) is 0 Å². The van der Waals surface area contributed by atoms with Gasteiger partial charge in [0, 0.05) is 23.7 Å². The molecule has 1 atom stereocenters. The molecule has 2 heterocycles. The van der Waals surface area contributed by atoms with E-state index in [1.54, 1.807) is 12.4 Å². The van der Waals surface area contributed by atoms with E-state index in [4.69, 9.17) is 5.73 Å². The molecule has 1 aliphatic rings. The van der Waals surface area contributed by atoms with Crippen molar-refractivity contribution in [3.8, 4) is 11.3 Å². The lowest BCUT2D eigenvalue weighted by molar-refractivity contribution is 0.0962. The minimum Gasteiger partial charge on any atom is -0.382 e. The number of nitrogens with two attached hydrogens (primary N) is 1. The van der Waals surface area contributed by atoms with Crippen molar-refractivity contribution in [3.63, 3.8) is 0 Å². The van der Waals surface area contributed by atoms with Gasteiger partial charge in [0.15, 0.2) is 11.5 Å². The number of rotatable bonds is 3. The molecular weight excluding hydrogens is 292 g/mol. The Kier molecular flexibility index (Phi) is 4.09. The van der Waals surface area contributed by atoms with Crippen molar-refractivity contribution in [2.75, 3.05) is 5.73 Å². The van der Waals surface area contributed by atoms with Crippen LogP contribution in [0.15, 0.2) is 48.8 Å². The Hall–Kier alpha value is -3.09. The molecule has 1 amide bonds. The van der Waals surface area contributed by atoms with E-state index in [0.717, 1.165) is 12.1 Å². The fraction of sp³-hybridized carbons (Fsp3) is 0.188. The topological polar surface area (TPSA) is 107 Å². The standard InChI is InChI=1S/C16H16N6O/c1-10-2-4-12(5-3-10)21-16(23)14-15(17)20-8-13(22-14)11-6-18-9-19-7-11/h2,4-10H,3H2,1H3,(H2,17,20)(H,21,23). The average molecular weight is 308 g/mol. The number of allylic oxidation sites excluding steroid dienone is 3. The minimum atomic E-state index is -0.390. The van der Waals surface area contributed by atoms with Crippen LogP contribution in [0.5, 0.6) is 0 Å². The van der Waals surface area contributed by atoms with Crippen LogP contribution in [0.2, 0.25) is 0 Å². The number of nitrogens with one attached hydrogen (secondary N) is 1. The van der Waals surface area contributed by atoms with Crippen molar-refractivity contribution in [1.29, 1.82) is 0 Å². The second-order valence-corrected chi connectivity index (χ2v) is 5.30. The minimum absolute atomic E-state index is 0.0804. The molecule has 116 valence electrons. The zero-order chi connectivity index (χ0) is 16.2. The van der Waals surface area contributed by atoms with Crippen LogP contribution in [0.4, 0.5) is 5.82 Å². The Balaban J connectivity index is 1.84. The van der Waals surface area contributed by atoms with Gasteiger partial charge >= 0.3 is 0 Å². The molecule has 2 aromatic heterocycles. The summed E-state index contributed by atoms with van der Waals surface area (Å²) in [5.74, 6) is 0.165. The van der Waals surface area contributed by atoms with Crippen molar-refractivity contribution in [2.45, 2.75) is 13.3 Å². The molecule has 2 aromatic rings. The third-order valence-corrected chi connectivity index (χ3v) is 3.44. The number of nitrogens with zero attached hydrogens (tertiary/aromatic N) is 4. The summed E-state index contributed by atoms with van der Waals surface area (Å²) in [5, 5.41) is 2.80. The van der Waals surface area contributed by atoms with Crippen LogP contribution in [0.25, 0.3) is 11.3 Å². The van der Waals surface area contributed by atoms with Crippen LogP contribution in [-0.4, -0.2) is 25.8 Å². The lowest BCUT2D eigenvalue weighted by Gasteiger charge is -2.13. The highest BCUT2D eigenvalue weighted by Gasteiger charge is 2.16. The van der Waals surface area contributed by atoms with Crippen molar-refractivity contribution < 1.29 is 4.79 Å². The zero-order valence-corrected chi connectivity index (χ0v) is 12.6. The molecule has 3 rings (SSSR count). The summed E-state index contributed by atoms with van der Waals surface area (Å²) in [6, 6.07) is 0. The molecule has 1 aliphatic carbocycles. The Morgan fingerprint density at radius 1 is 1.30 bits per heavy atom. The van der Waals surface area contributed by atoms with Crippen LogP contribution in [-0.2, 0) is 0 Å². The van der Waals surface area contributed by atoms with E-state index < -0.39 is 0 Å². The van der Waals surface area contributed by atoms with Gasteiger partial charge in [-0.2, -0.15) is 0 Å². The van der Waals surface area contributed by atoms with E-state index in [9.17, 15) is 4.79 Å².